The molecule has 5 aromatic heterocycles. The normalized spacial score (nSPS) is 12.3. The molecule has 354 valence electrons. The minimum Gasteiger partial charge on any atom is -0.456 e. The number of nitrogens with zero attached hydrogens (tertiary/aromatic N) is 5. The molecule has 12 aromatic carbocycles. The maximum Gasteiger partial charge on any atom is 0.334 e. The van der Waals surface area contributed by atoms with Gasteiger partial charge in [0.25, 0.3) is 0 Å². The van der Waals surface area contributed by atoms with Crippen molar-refractivity contribution in [3.8, 4) is 34.2 Å². The molecular formula is C69H41N5OS. The largest absolute Gasteiger partial charge is 0.456 e. The van der Waals surface area contributed by atoms with Gasteiger partial charge in [-0.2, -0.15) is 0 Å². The summed E-state index contributed by atoms with van der Waals surface area (Å²) >= 11 is 1.84. The quantitative estimate of drug-likeness (QED) is 0.156. The Balaban J connectivity index is 1.00. The van der Waals surface area contributed by atoms with Crippen LogP contribution in [0.15, 0.2) is 241 Å². The fourth-order valence-electron chi connectivity index (χ4n) is 12.6. The summed E-state index contributed by atoms with van der Waals surface area (Å²) in [6, 6.07) is 85.7. The van der Waals surface area contributed by atoms with Crippen LogP contribution in [-0.2, 0) is 6.54 Å². The Morgan fingerprint density at radius 1 is 0.408 bits per heavy atom. The molecule has 0 amide bonds. The number of furan rings is 1. The molecule has 0 unspecified atom stereocenters. The van der Waals surface area contributed by atoms with E-state index in [1.54, 1.807) is 0 Å². The van der Waals surface area contributed by atoms with Crippen molar-refractivity contribution >= 4 is 129 Å². The SMILES string of the molecule is c1ccc(-n2c3ccccc3c3c(-c4nc(-c5cc6c(cc5-n5c7cc8ccccc8cc7c7c8ccccc8ccc75)oc5cc7ccccc7cc56)[n-][n+]4Cc4cccc5sc6ccccc6c45)cccc32)cc1. The van der Waals surface area contributed by atoms with E-state index in [1.807, 2.05) is 11.3 Å². The molecule has 17 aromatic rings. The fourth-order valence-corrected chi connectivity index (χ4v) is 13.7. The summed E-state index contributed by atoms with van der Waals surface area (Å²) < 4.78 is 16.5. The van der Waals surface area contributed by atoms with Crippen LogP contribution in [0.5, 0.6) is 0 Å². The van der Waals surface area contributed by atoms with Crippen LogP contribution in [0.25, 0.3) is 152 Å². The van der Waals surface area contributed by atoms with Gasteiger partial charge in [-0.25, -0.2) is 9.78 Å². The van der Waals surface area contributed by atoms with Crippen molar-refractivity contribution in [2.24, 2.45) is 0 Å². The van der Waals surface area contributed by atoms with Crippen LogP contribution in [-0.4, -0.2) is 14.1 Å². The number of hydrogen-bond donors (Lipinski definition) is 0. The first kappa shape index (κ1) is 41.6. The minimum atomic E-state index is 0.500. The Hall–Kier alpha value is -9.82. The van der Waals surface area contributed by atoms with Crippen molar-refractivity contribution in [1.82, 2.24) is 19.2 Å². The molecule has 0 fully saturated rings. The highest BCUT2D eigenvalue weighted by Crippen LogP contribution is 2.45. The summed E-state index contributed by atoms with van der Waals surface area (Å²) in [6.07, 6.45) is 0. The molecule has 0 N–H and O–H groups in total. The number of aromatic nitrogens is 5. The number of fused-ring (bicyclic) bond motifs is 16. The van der Waals surface area contributed by atoms with Gasteiger partial charge in [0.1, 0.15) is 17.7 Å². The van der Waals surface area contributed by atoms with E-state index in [2.05, 4.69) is 250 Å². The number of benzene rings is 12. The monoisotopic (exact) mass is 987 g/mol. The lowest BCUT2D eigenvalue weighted by molar-refractivity contribution is -0.737. The Kier molecular flexibility index (Phi) is 8.68. The highest BCUT2D eigenvalue weighted by atomic mass is 32.1. The van der Waals surface area contributed by atoms with Gasteiger partial charge in [-0.15, -0.1) is 11.3 Å². The molecule has 0 saturated heterocycles. The summed E-state index contributed by atoms with van der Waals surface area (Å²) in [6.45, 7) is 0.500. The van der Waals surface area contributed by atoms with Crippen LogP contribution in [0, 0.1) is 0 Å². The summed E-state index contributed by atoms with van der Waals surface area (Å²) in [5.41, 5.74) is 11.2. The standard InChI is InChI=1S/C69H41N5OS/c1-2-22-47(23-3-1)73-56-28-12-10-25-49(56)67-51(27-15-29-57(67)73)69-70-68(71-72(69)40-46-21-14-31-64-65(46)50-26-11-13-30-63(50)76-64)55-38-53-52-34-42-17-5-7-20-45(42)37-61(52)75-62(53)39-60(55)74-58-33-32-41-16-8-9-24-48(41)66(58)54-35-43-18-4-6-19-44(43)36-59(54)74/h1-39H,40H2. The van der Waals surface area contributed by atoms with E-state index in [-0.39, 0.29) is 0 Å². The summed E-state index contributed by atoms with van der Waals surface area (Å²) in [7, 11) is 0. The smallest absolute Gasteiger partial charge is 0.334 e. The van der Waals surface area contributed by atoms with Crippen molar-refractivity contribution in [2.45, 2.75) is 6.54 Å². The zero-order chi connectivity index (χ0) is 49.6. The molecular weight excluding hydrogens is 947 g/mol. The van der Waals surface area contributed by atoms with E-state index in [0.717, 1.165) is 93.9 Å². The number of hydrogen-bond acceptors (Lipinski definition) is 3. The average Bonchev–Trinajstić information content (AvgIpc) is 4.35. The molecule has 0 aliphatic heterocycles. The second-order valence-electron chi connectivity index (χ2n) is 20.1. The second kappa shape index (κ2) is 15.8. The molecule has 0 radical (unpaired) electrons. The number of thiophene rings is 1. The van der Waals surface area contributed by atoms with Gasteiger partial charge in [0.05, 0.1) is 38.9 Å². The van der Waals surface area contributed by atoms with Gasteiger partial charge >= 0.3 is 5.82 Å². The van der Waals surface area contributed by atoms with Crippen LogP contribution < -0.4 is 9.78 Å². The topological polar surface area (TPSA) is 53.9 Å². The van der Waals surface area contributed by atoms with E-state index in [9.17, 15) is 0 Å². The van der Waals surface area contributed by atoms with Crippen molar-refractivity contribution in [3.05, 3.63) is 242 Å². The Bertz CT molecular complexity index is 5280. The van der Waals surface area contributed by atoms with Crippen molar-refractivity contribution in [1.29, 1.82) is 0 Å². The van der Waals surface area contributed by atoms with Crippen molar-refractivity contribution in [2.75, 3.05) is 0 Å². The summed E-state index contributed by atoms with van der Waals surface area (Å²) in [5, 5.41) is 22.1. The molecule has 6 nitrogen and oxygen atoms in total. The molecule has 7 heteroatoms. The van der Waals surface area contributed by atoms with Crippen molar-refractivity contribution in [3.63, 3.8) is 0 Å². The Labute approximate surface area is 438 Å². The van der Waals surface area contributed by atoms with Crippen LogP contribution in [0.3, 0.4) is 0 Å². The van der Waals surface area contributed by atoms with E-state index >= 15 is 0 Å². The van der Waals surface area contributed by atoms with Crippen LogP contribution in [0.1, 0.15) is 5.56 Å². The van der Waals surface area contributed by atoms with Gasteiger partial charge in [-0.05, 0) is 116 Å². The molecule has 0 aliphatic carbocycles. The van der Waals surface area contributed by atoms with Gasteiger partial charge in [0.15, 0.2) is 0 Å². The van der Waals surface area contributed by atoms with Gasteiger partial charge < -0.3 is 13.6 Å². The summed E-state index contributed by atoms with van der Waals surface area (Å²) in [4.78, 5) is 5.87. The van der Waals surface area contributed by atoms with Crippen LogP contribution in [0.4, 0.5) is 0 Å². The third-order valence-electron chi connectivity index (χ3n) is 15.9. The van der Waals surface area contributed by atoms with Gasteiger partial charge in [-0.1, -0.05) is 152 Å². The maximum absolute atomic E-state index is 6.97. The minimum absolute atomic E-state index is 0.500. The first-order chi connectivity index (χ1) is 37.7. The van der Waals surface area contributed by atoms with Crippen LogP contribution >= 0.6 is 11.3 Å². The molecule has 0 spiro atoms. The first-order valence-electron chi connectivity index (χ1n) is 25.8. The molecule has 5 heterocycles. The number of para-hydroxylation sites is 2. The Morgan fingerprint density at radius 3 is 1.88 bits per heavy atom. The predicted octanol–water partition coefficient (Wildman–Crippen LogP) is 17.6. The highest BCUT2D eigenvalue weighted by Gasteiger charge is 2.29. The van der Waals surface area contributed by atoms with E-state index in [0.29, 0.717) is 12.4 Å². The molecule has 76 heavy (non-hydrogen) atoms. The molecule has 17 rings (SSSR count). The predicted molar refractivity (Wildman–Crippen MR) is 316 cm³/mol. The molecule has 0 saturated carbocycles. The van der Waals surface area contributed by atoms with Gasteiger partial charge in [-0.3, -0.25) is 0 Å². The van der Waals surface area contributed by atoms with E-state index in [1.165, 1.54) is 58.1 Å². The Morgan fingerprint density at radius 2 is 1.04 bits per heavy atom. The van der Waals surface area contributed by atoms with Gasteiger partial charge in [0.2, 0.25) is 5.82 Å². The second-order valence-corrected chi connectivity index (χ2v) is 21.2. The average molecular weight is 988 g/mol. The van der Waals surface area contributed by atoms with Crippen LogP contribution in [0.2, 0.25) is 0 Å². The first-order valence-corrected chi connectivity index (χ1v) is 26.6. The van der Waals surface area contributed by atoms with E-state index < -0.39 is 0 Å². The third kappa shape index (κ3) is 6.03. The number of rotatable bonds is 6. The lowest BCUT2D eigenvalue weighted by Crippen LogP contribution is -2.40. The zero-order valence-electron chi connectivity index (χ0n) is 40.8. The lowest BCUT2D eigenvalue weighted by Gasteiger charge is -2.13. The molecule has 0 bridgehead atoms. The summed E-state index contributed by atoms with van der Waals surface area (Å²) in [5.74, 6) is 1.42. The lowest BCUT2D eigenvalue weighted by atomic mass is 10.0. The fraction of sp³-hybridized carbons (Fsp3) is 0.0145. The van der Waals surface area contributed by atoms with Crippen molar-refractivity contribution < 1.29 is 9.10 Å². The van der Waals surface area contributed by atoms with E-state index in [4.69, 9.17) is 14.5 Å². The molecule has 0 atom stereocenters. The highest BCUT2D eigenvalue weighted by molar-refractivity contribution is 7.25. The maximum atomic E-state index is 6.97. The van der Waals surface area contributed by atoms with Gasteiger partial charge in [0, 0.05) is 69.8 Å². The third-order valence-corrected chi connectivity index (χ3v) is 17.0. The zero-order valence-corrected chi connectivity index (χ0v) is 41.6. The molecule has 0 aliphatic rings.